The molecular weight excluding hydrogens is 294 g/mol. The van der Waals surface area contributed by atoms with Gasteiger partial charge in [-0.25, -0.2) is 0 Å². The van der Waals surface area contributed by atoms with Gasteiger partial charge in [0, 0.05) is 18.7 Å². The molecule has 0 spiro atoms. The normalized spacial score (nSPS) is 12.3. The van der Waals surface area contributed by atoms with Gasteiger partial charge in [-0.3, -0.25) is 0 Å². The molecule has 0 aliphatic carbocycles. The van der Waals surface area contributed by atoms with Crippen molar-refractivity contribution in [2.45, 2.75) is 20.0 Å². The van der Waals surface area contributed by atoms with Crippen LogP contribution in [0.1, 0.15) is 18.1 Å². The molecular formula is C18H21NO4. The summed E-state index contributed by atoms with van der Waals surface area (Å²) in [4.78, 5) is 0. The van der Waals surface area contributed by atoms with E-state index in [-0.39, 0.29) is 0 Å². The number of hydrogen-bond donors (Lipinski definition) is 1. The molecule has 23 heavy (non-hydrogen) atoms. The fourth-order valence-corrected chi connectivity index (χ4v) is 2.56. The second kappa shape index (κ2) is 7.24. The zero-order chi connectivity index (χ0) is 16.1. The molecule has 122 valence electrons. The lowest BCUT2D eigenvalue weighted by Crippen LogP contribution is -2.14. The van der Waals surface area contributed by atoms with Crippen LogP contribution in [-0.2, 0) is 13.1 Å². The van der Waals surface area contributed by atoms with Gasteiger partial charge in [-0.1, -0.05) is 18.2 Å². The number of methoxy groups -OCH3 is 1. The Labute approximate surface area is 136 Å². The Bertz CT molecular complexity index is 672. The van der Waals surface area contributed by atoms with Crippen LogP contribution in [-0.4, -0.2) is 20.5 Å². The number of nitrogens with one attached hydrogen (secondary N) is 1. The van der Waals surface area contributed by atoms with Gasteiger partial charge in [0.2, 0.25) is 6.79 Å². The Morgan fingerprint density at radius 2 is 1.96 bits per heavy atom. The molecule has 0 aromatic heterocycles. The second-order valence-electron chi connectivity index (χ2n) is 5.17. The predicted molar refractivity (Wildman–Crippen MR) is 87.3 cm³/mol. The van der Waals surface area contributed by atoms with Crippen LogP contribution in [0, 0.1) is 0 Å². The van der Waals surface area contributed by atoms with E-state index in [1.807, 2.05) is 43.3 Å². The van der Waals surface area contributed by atoms with Crippen LogP contribution in [0.3, 0.4) is 0 Å². The summed E-state index contributed by atoms with van der Waals surface area (Å²) < 4.78 is 21.8. The lowest BCUT2D eigenvalue weighted by molar-refractivity contribution is 0.174. The highest BCUT2D eigenvalue weighted by molar-refractivity contribution is 5.47. The quantitative estimate of drug-likeness (QED) is 0.851. The van der Waals surface area contributed by atoms with Gasteiger partial charge in [-0.05, 0) is 30.7 Å². The first-order valence-corrected chi connectivity index (χ1v) is 7.69. The van der Waals surface area contributed by atoms with Crippen LogP contribution in [0.25, 0.3) is 0 Å². The first kappa shape index (κ1) is 15.5. The van der Waals surface area contributed by atoms with Crippen molar-refractivity contribution in [1.82, 2.24) is 5.32 Å². The van der Waals surface area contributed by atoms with Crippen molar-refractivity contribution in [2.75, 3.05) is 20.5 Å². The van der Waals surface area contributed by atoms with Gasteiger partial charge in [0.1, 0.15) is 0 Å². The van der Waals surface area contributed by atoms with Crippen LogP contribution in [0.15, 0.2) is 36.4 Å². The summed E-state index contributed by atoms with van der Waals surface area (Å²) in [6, 6.07) is 11.9. The summed E-state index contributed by atoms with van der Waals surface area (Å²) in [6.45, 7) is 4.31. The van der Waals surface area contributed by atoms with Crippen molar-refractivity contribution < 1.29 is 18.9 Å². The fourth-order valence-electron chi connectivity index (χ4n) is 2.56. The first-order chi connectivity index (χ1) is 11.3. The van der Waals surface area contributed by atoms with E-state index in [9.17, 15) is 0 Å². The molecule has 2 aromatic carbocycles. The first-order valence-electron chi connectivity index (χ1n) is 7.69. The van der Waals surface area contributed by atoms with Gasteiger partial charge in [0.15, 0.2) is 23.0 Å². The largest absolute Gasteiger partial charge is 0.493 e. The maximum Gasteiger partial charge on any atom is 0.231 e. The molecule has 0 bridgehead atoms. The molecule has 0 atom stereocenters. The molecule has 1 N–H and O–H groups in total. The SMILES string of the molecule is CCOc1c(CNCc2ccc3c(c2)OCO3)cccc1OC. The maximum absolute atomic E-state index is 5.72. The number of para-hydroxylation sites is 1. The average Bonchev–Trinajstić information content (AvgIpc) is 3.04. The Balaban J connectivity index is 1.64. The van der Waals surface area contributed by atoms with Crippen LogP contribution >= 0.6 is 0 Å². The minimum absolute atomic E-state index is 0.299. The third-order valence-electron chi connectivity index (χ3n) is 3.65. The molecule has 0 fully saturated rings. The summed E-state index contributed by atoms with van der Waals surface area (Å²) in [5.41, 5.74) is 2.22. The van der Waals surface area contributed by atoms with Crippen LogP contribution in [0.5, 0.6) is 23.0 Å². The Morgan fingerprint density at radius 3 is 2.78 bits per heavy atom. The molecule has 1 aliphatic heterocycles. The summed E-state index contributed by atoms with van der Waals surface area (Å²) in [5.74, 6) is 3.17. The molecule has 5 nitrogen and oxygen atoms in total. The number of rotatable bonds is 7. The van der Waals surface area contributed by atoms with E-state index in [0.717, 1.165) is 40.7 Å². The van der Waals surface area contributed by atoms with Gasteiger partial charge >= 0.3 is 0 Å². The van der Waals surface area contributed by atoms with Crippen LogP contribution < -0.4 is 24.3 Å². The number of ether oxygens (including phenoxy) is 4. The predicted octanol–water partition coefficient (Wildman–Crippen LogP) is 3.11. The molecule has 2 aromatic rings. The van der Waals surface area contributed by atoms with Gasteiger partial charge in [-0.2, -0.15) is 0 Å². The van der Waals surface area contributed by atoms with Crippen molar-refractivity contribution in [3.8, 4) is 23.0 Å². The van der Waals surface area contributed by atoms with E-state index in [0.29, 0.717) is 19.9 Å². The van der Waals surface area contributed by atoms with Crippen molar-refractivity contribution in [3.63, 3.8) is 0 Å². The third-order valence-corrected chi connectivity index (χ3v) is 3.65. The minimum atomic E-state index is 0.299. The minimum Gasteiger partial charge on any atom is -0.493 e. The number of benzene rings is 2. The van der Waals surface area contributed by atoms with Crippen molar-refractivity contribution in [3.05, 3.63) is 47.5 Å². The average molecular weight is 315 g/mol. The summed E-state index contributed by atoms with van der Waals surface area (Å²) in [7, 11) is 1.65. The molecule has 1 aliphatic rings. The van der Waals surface area contributed by atoms with Crippen LogP contribution in [0.2, 0.25) is 0 Å². The number of fused-ring (bicyclic) bond motifs is 1. The Kier molecular flexibility index (Phi) is 4.88. The van der Waals surface area contributed by atoms with Crippen molar-refractivity contribution >= 4 is 0 Å². The summed E-state index contributed by atoms with van der Waals surface area (Å²) in [6.07, 6.45) is 0. The smallest absolute Gasteiger partial charge is 0.231 e. The topological polar surface area (TPSA) is 49.0 Å². The Hall–Kier alpha value is -2.40. The van der Waals surface area contributed by atoms with Crippen molar-refractivity contribution in [1.29, 1.82) is 0 Å². The van der Waals surface area contributed by atoms with E-state index in [1.54, 1.807) is 7.11 Å². The van der Waals surface area contributed by atoms with E-state index in [1.165, 1.54) is 0 Å². The molecule has 3 rings (SSSR count). The lowest BCUT2D eigenvalue weighted by Gasteiger charge is -2.14. The third kappa shape index (κ3) is 3.51. The molecule has 5 heteroatoms. The molecule has 0 unspecified atom stereocenters. The maximum atomic E-state index is 5.72. The van der Waals surface area contributed by atoms with Crippen LogP contribution in [0.4, 0.5) is 0 Å². The van der Waals surface area contributed by atoms with E-state index in [2.05, 4.69) is 5.32 Å². The summed E-state index contributed by atoms with van der Waals surface area (Å²) in [5, 5.41) is 3.43. The van der Waals surface area contributed by atoms with Gasteiger partial charge in [0.05, 0.1) is 13.7 Å². The zero-order valence-electron chi connectivity index (χ0n) is 13.4. The molecule has 0 saturated heterocycles. The van der Waals surface area contributed by atoms with Gasteiger partial charge in [-0.15, -0.1) is 0 Å². The zero-order valence-corrected chi connectivity index (χ0v) is 13.4. The highest BCUT2D eigenvalue weighted by atomic mass is 16.7. The monoisotopic (exact) mass is 315 g/mol. The molecule has 0 saturated carbocycles. The van der Waals surface area contributed by atoms with E-state index in [4.69, 9.17) is 18.9 Å². The fraction of sp³-hybridized carbons (Fsp3) is 0.333. The lowest BCUT2D eigenvalue weighted by atomic mass is 10.1. The second-order valence-corrected chi connectivity index (χ2v) is 5.17. The molecule has 0 amide bonds. The van der Waals surface area contributed by atoms with E-state index < -0.39 is 0 Å². The highest BCUT2D eigenvalue weighted by Crippen LogP contribution is 2.33. The molecule has 0 radical (unpaired) electrons. The summed E-state index contributed by atoms with van der Waals surface area (Å²) >= 11 is 0. The molecule has 1 heterocycles. The van der Waals surface area contributed by atoms with E-state index >= 15 is 0 Å². The number of hydrogen-bond acceptors (Lipinski definition) is 5. The van der Waals surface area contributed by atoms with Gasteiger partial charge < -0.3 is 24.3 Å². The van der Waals surface area contributed by atoms with Crippen molar-refractivity contribution in [2.24, 2.45) is 0 Å². The standard InChI is InChI=1S/C18H21NO4/c1-3-21-18-14(5-4-6-16(18)20-2)11-19-10-13-7-8-15-17(9-13)23-12-22-15/h4-9,19H,3,10-12H2,1-2H3. The van der Waals surface area contributed by atoms with Gasteiger partial charge in [0.25, 0.3) is 0 Å². The Morgan fingerprint density at radius 1 is 1.09 bits per heavy atom. The highest BCUT2D eigenvalue weighted by Gasteiger charge is 2.13.